The fourth-order valence-corrected chi connectivity index (χ4v) is 2.99. The molecule has 0 unspecified atom stereocenters. The van der Waals surface area contributed by atoms with Crippen molar-refractivity contribution in [2.75, 3.05) is 18.4 Å². The number of nitrogens with zero attached hydrogens (tertiary/aromatic N) is 3. The molecule has 2 atom stereocenters. The third-order valence-electron chi connectivity index (χ3n) is 4.18. The Morgan fingerprint density at radius 1 is 1.28 bits per heavy atom. The zero-order valence-corrected chi connectivity index (χ0v) is 14.6. The van der Waals surface area contributed by atoms with E-state index in [9.17, 15) is 9.18 Å². The van der Waals surface area contributed by atoms with E-state index in [1.807, 2.05) is 20.8 Å². The number of hydrogen-bond acceptors (Lipinski definition) is 3. The lowest BCUT2D eigenvalue weighted by molar-refractivity contribution is -0.0643. The molecule has 3 rings (SSSR count). The fraction of sp³-hybridized carbons (Fsp3) is 0.444. The predicted molar refractivity (Wildman–Crippen MR) is 92.9 cm³/mol. The zero-order chi connectivity index (χ0) is 18.0. The lowest BCUT2D eigenvalue weighted by Gasteiger charge is -2.37. The Labute approximate surface area is 146 Å². The fourth-order valence-electron chi connectivity index (χ4n) is 2.99. The molecule has 0 bridgehead atoms. The van der Waals surface area contributed by atoms with Gasteiger partial charge in [0.1, 0.15) is 17.7 Å². The normalized spacial score (nSPS) is 20.8. The maximum absolute atomic E-state index is 13.1. The van der Waals surface area contributed by atoms with Crippen molar-refractivity contribution in [3.8, 4) is 0 Å². The first kappa shape index (κ1) is 17.4. The molecular formula is C18H23FN4O2. The van der Waals surface area contributed by atoms with Crippen LogP contribution in [0.2, 0.25) is 0 Å². The highest BCUT2D eigenvalue weighted by atomic mass is 19.1. The van der Waals surface area contributed by atoms with Crippen LogP contribution in [0.3, 0.4) is 0 Å². The molecule has 2 amide bonds. The highest BCUT2D eigenvalue weighted by Gasteiger charge is 2.30. The van der Waals surface area contributed by atoms with Gasteiger partial charge >= 0.3 is 6.03 Å². The highest BCUT2D eigenvalue weighted by Crippen LogP contribution is 2.26. The summed E-state index contributed by atoms with van der Waals surface area (Å²) in [7, 11) is 0. The third-order valence-corrected chi connectivity index (χ3v) is 4.18. The number of rotatable bonds is 3. The number of amides is 2. The van der Waals surface area contributed by atoms with E-state index in [1.165, 1.54) is 12.1 Å². The van der Waals surface area contributed by atoms with Gasteiger partial charge in [0.25, 0.3) is 0 Å². The zero-order valence-electron chi connectivity index (χ0n) is 14.6. The SMILES string of the molecule is CC(C)n1nccc1NC(=O)N1C[C@@H](c2ccc(F)cc2)O[C@@H](C)C1. The van der Waals surface area contributed by atoms with Crippen molar-refractivity contribution in [2.45, 2.75) is 39.0 Å². The molecular weight excluding hydrogens is 323 g/mol. The summed E-state index contributed by atoms with van der Waals surface area (Å²) in [5, 5.41) is 7.14. The third kappa shape index (κ3) is 3.99. The number of carbonyl (C=O) groups excluding carboxylic acids is 1. The maximum atomic E-state index is 13.1. The van der Waals surface area contributed by atoms with Crippen molar-refractivity contribution in [1.29, 1.82) is 0 Å². The summed E-state index contributed by atoms with van der Waals surface area (Å²) < 4.78 is 20.8. The number of urea groups is 1. The summed E-state index contributed by atoms with van der Waals surface area (Å²) >= 11 is 0. The molecule has 0 spiro atoms. The molecule has 1 aromatic heterocycles. The van der Waals surface area contributed by atoms with Gasteiger partial charge < -0.3 is 9.64 Å². The van der Waals surface area contributed by atoms with Gasteiger partial charge in [-0.15, -0.1) is 0 Å². The number of aromatic nitrogens is 2. The summed E-state index contributed by atoms with van der Waals surface area (Å²) in [6, 6.07) is 7.95. The Bertz CT molecular complexity index is 729. The lowest BCUT2D eigenvalue weighted by atomic mass is 10.1. The summed E-state index contributed by atoms with van der Waals surface area (Å²) in [5.41, 5.74) is 0.859. The van der Waals surface area contributed by atoms with Crippen LogP contribution in [0.5, 0.6) is 0 Å². The first-order valence-electron chi connectivity index (χ1n) is 8.44. The van der Waals surface area contributed by atoms with E-state index in [0.717, 1.165) is 5.56 Å². The molecule has 1 saturated heterocycles. The Balaban J connectivity index is 1.71. The Morgan fingerprint density at radius 3 is 2.68 bits per heavy atom. The molecule has 1 N–H and O–H groups in total. The second-order valence-electron chi connectivity index (χ2n) is 6.58. The number of ether oxygens (including phenoxy) is 1. The average molecular weight is 346 g/mol. The molecule has 0 saturated carbocycles. The number of morpholine rings is 1. The topological polar surface area (TPSA) is 59.4 Å². The Hall–Kier alpha value is -2.41. The minimum absolute atomic E-state index is 0.107. The van der Waals surface area contributed by atoms with Crippen LogP contribution in [-0.4, -0.2) is 39.9 Å². The summed E-state index contributed by atoms with van der Waals surface area (Å²) in [6.45, 7) is 6.85. The highest BCUT2D eigenvalue weighted by molar-refractivity contribution is 5.88. The quantitative estimate of drug-likeness (QED) is 0.924. The van der Waals surface area contributed by atoms with Gasteiger partial charge in [0.2, 0.25) is 0 Å². The number of carbonyl (C=O) groups is 1. The minimum atomic E-state index is -0.288. The smallest absolute Gasteiger partial charge is 0.323 e. The van der Waals surface area contributed by atoms with Crippen LogP contribution in [0.1, 0.15) is 38.5 Å². The van der Waals surface area contributed by atoms with E-state index in [1.54, 1.807) is 34.0 Å². The molecule has 25 heavy (non-hydrogen) atoms. The number of anilines is 1. The number of benzene rings is 1. The van der Waals surface area contributed by atoms with E-state index in [4.69, 9.17) is 4.74 Å². The number of nitrogens with one attached hydrogen (secondary N) is 1. The van der Waals surface area contributed by atoms with Crippen molar-refractivity contribution >= 4 is 11.8 Å². The van der Waals surface area contributed by atoms with Crippen LogP contribution in [0.15, 0.2) is 36.5 Å². The summed E-state index contributed by atoms with van der Waals surface area (Å²) in [4.78, 5) is 14.4. The van der Waals surface area contributed by atoms with Crippen LogP contribution >= 0.6 is 0 Å². The van der Waals surface area contributed by atoms with E-state index in [2.05, 4.69) is 10.4 Å². The predicted octanol–water partition coefficient (Wildman–Crippen LogP) is 3.60. The molecule has 0 radical (unpaired) electrons. The molecule has 134 valence electrons. The molecule has 7 heteroatoms. The number of halogens is 1. The van der Waals surface area contributed by atoms with Crippen LogP contribution in [0.25, 0.3) is 0 Å². The Morgan fingerprint density at radius 2 is 2.00 bits per heavy atom. The molecule has 6 nitrogen and oxygen atoms in total. The van der Waals surface area contributed by atoms with Crippen molar-refractivity contribution in [1.82, 2.24) is 14.7 Å². The van der Waals surface area contributed by atoms with E-state index in [-0.39, 0.29) is 30.1 Å². The molecule has 2 aromatic rings. The van der Waals surface area contributed by atoms with Crippen molar-refractivity contribution in [3.63, 3.8) is 0 Å². The van der Waals surface area contributed by atoms with Gasteiger partial charge in [0, 0.05) is 18.7 Å². The van der Waals surface area contributed by atoms with Crippen molar-refractivity contribution < 1.29 is 13.9 Å². The van der Waals surface area contributed by atoms with E-state index >= 15 is 0 Å². The largest absolute Gasteiger partial charge is 0.367 e. The maximum Gasteiger partial charge on any atom is 0.323 e. The van der Waals surface area contributed by atoms with Gasteiger partial charge in [-0.25, -0.2) is 13.9 Å². The monoisotopic (exact) mass is 346 g/mol. The van der Waals surface area contributed by atoms with Gasteiger partial charge in [0.15, 0.2) is 0 Å². The molecule has 1 aromatic carbocycles. The van der Waals surface area contributed by atoms with Gasteiger partial charge in [-0.05, 0) is 38.5 Å². The average Bonchev–Trinajstić information content (AvgIpc) is 3.03. The standard InChI is InChI=1S/C18H23FN4O2/c1-12(2)23-17(8-9-20-23)21-18(24)22-10-13(3)25-16(11-22)14-4-6-15(19)7-5-14/h4-9,12-13,16H,10-11H2,1-3H3,(H,21,24)/t13-,16-/m0/s1. The van der Waals surface area contributed by atoms with Gasteiger partial charge in [0.05, 0.1) is 18.8 Å². The van der Waals surface area contributed by atoms with Gasteiger partial charge in [-0.3, -0.25) is 5.32 Å². The Kier molecular flexibility index (Phi) is 5.03. The minimum Gasteiger partial charge on any atom is -0.367 e. The van der Waals surface area contributed by atoms with Gasteiger partial charge in [-0.2, -0.15) is 5.10 Å². The van der Waals surface area contributed by atoms with Crippen molar-refractivity contribution in [3.05, 3.63) is 47.9 Å². The van der Waals surface area contributed by atoms with E-state index in [0.29, 0.717) is 18.9 Å². The molecule has 1 aliphatic heterocycles. The van der Waals surface area contributed by atoms with Crippen LogP contribution < -0.4 is 5.32 Å². The van der Waals surface area contributed by atoms with Crippen LogP contribution in [-0.2, 0) is 4.74 Å². The second-order valence-corrected chi connectivity index (χ2v) is 6.58. The molecule has 1 fully saturated rings. The van der Waals surface area contributed by atoms with Crippen LogP contribution in [0.4, 0.5) is 15.0 Å². The van der Waals surface area contributed by atoms with Crippen molar-refractivity contribution in [2.24, 2.45) is 0 Å². The second kappa shape index (κ2) is 7.23. The van der Waals surface area contributed by atoms with E-state index < -0.39 is 0 Å². The molecule has 0 aliphatic carbocycles. The molecule has 1 aliphatic rings. The lowest BCUT2D eigenvalue weighted by Crippen LogP contribution is -2.47. The summed E-state index contributed by atoms with van der Waals surface area (Å²) in [6.07, 6.45) is 1.29. The first-order chi connectivity index (χ1) is 11.9. The number of hydrogen-bond donors (Lipinski definition) is 1. The van der Waals surface area contributed by atoms with Crippen LogP contribution in [0, 0.1) is 5.82 Å². The van der Waals surface area contributed by atoms with Gasteiger partial charge in [-0.1, -0.05) is 12.1 Å². The molecule has 2 heterocycles. The summed E-state index contributed by atoms with van der Waals surface area (Å²) in [5.74, 6) is 0.377. The first-order valence-corrected chi connectivity index (χ1v) is 8.44.